The van der Waals surface area contributed by atoms with E-state index >= 15 is 0 Å². The van der Waals surface area contributed by atoms with Crippen molar-refractivity contribution < 1.29 is 0 Å². The van der Waals surface area contributed by atoms with Gasteiger partial charge in [-0.05, 0) is 46.8 Å². The zero-order chi connectivity index (χ0) is 12.4. The van der Waals surface area contributed by atoms with E-state index in [9.17, 15) is 0 Å². The molecule has 16 heavy (non-hydrogen) atoms. The van der Waals surface area contributed by atoms with Gasteiger partial charge in [-0.25, -0.2) is 4.99 Å². The lowest BCUT2D eigenvalue weighted by molar-refractivity contribution is 0.316. The first kappa shape index (κ1) is 15.2. The predicted octanol–water partition coefficient (Wildman–Crippen LogP) is 2.60. The minimum Gasteiger partial charge on any atom is -0.366 e. The molecule has 0 aromatic rings. The molecule has 0 aromatic heterocycles. The molecule has 0 spiro atoms. The van der Waals surface area contributed by atoms with Gasteiger partial charge in [0.2, 0.25) is 0 Å². The Labute approximate surface area is 101 Å². The smallest absolute Gasteiger partial charge is 0.0902 e. The van der Waals surface area contributed by atoms with Crippen molar-refractivity contribution in [3.8, 4) is 0 Å². The quantitative estimate of drug-likeness (QED) is 0.467. The Morgan fingerprint density at radius 3 is 2.38 bits per heavy atom. The highest BCUT2D eigenvalue weighted by molar-refractivity contribution is 5.55. The van der Waals surface area contributed by atoms with E-state index in [1.165, 1.54) is 25.0 Å². The molecule has 0 atom stereocenters. The molecule has 0 radical (unpaired) electrons. The first-order valence-electron chi connectivity index (χ1n) is 6.11. The molecule has 0 saturated heterocycles. The molecule has 0 aromatic carbocycles. The Morgan fingerprint density at radius 1 is 1.12 bits per heavy atom. The van der Waals surface area contributed by atoms with Gasteiger partial charge in [-0.3, -0.25) is 0 Å². The number of hydrogen-bond donors (Lipinski definition) is 0. The van der Waals surface area contributed by atoms with Gasteiger partial charge in [-0.15, -0.1) is 0 Å². The van der Waals surface area contributed by atoms with E-state index in [0.717, 1.165) is 13.1 Å². The monoisotopic (exact) mass is 225 g/mol. The number of aliphatic imine (C=N–C) groups is 1. The highest BCUT2D eigenvalue weighted by Gasteiger charge is 1.97. The average Bonchev–Trinajstić information content (AvgIpc) is 2.17. The van der Waals surface area contributed by atoms with Gasteiger partial charge in [-0.1, -0.05) is 12.5 Å². The second-order valence-corrected chi connectivity index (χ2v) is 4.61. The van der Waals surface area contributed by atoms with Crippen molar-refractivity contribution in [2.75, 3.05) is 33.7 Å². The van der Waals surface area contributed by atoms with Crippen molar-refractivity contribution in [3.63, 3.8) is 0 Å². The molecule has 3 nitrogen and oxygen atoms in total. The topological polar surface area (TPSA) is 18.8 Å². The summed E-state index contributed by atoms with van der Waals surface area (Å²) in [7, 11) is 4.25. The molecular formula is C13H27N3. The molecular weight excluding hydrogens is 198 g/mol. The highest BCUT2D eigenvalue weighted by atomic mass is 15.1. The van der Waals surface area contributed by atoms with Crippen molar-refractivity contribution in [2.24, 2.45) is 4.99 Å². The number of nitrogens with zero attached hydrogens (tertiary/aromatic N) is 3. The van der Waals surface area contributed by atoms with E-state index in [1.807, 2.05) is 12.5 Å². The summed E-state index contributed by atoms with van der Waals surface area (Å²) < 4.78 is 0. The van der Waals surface area contributed by atoms with Crippen LogP contribution in [0.5, 0.6) is 0 Å². The van der Waals surface area contributed by atoms with Gasteiger partial charge in [0.15, 0.2) is 0 Å². The molecule has 94 valence electrons. The molecule has 0 saturated carbocycles. The summed E-state index contributed by atoms with van der Waals surface area (Å²) in [6.07, 6.45) is 6.20. The summed E-state index contributed by atoms with van der Waals surface area (Å²) >= 11 is 0. The summed E-state index contributed by atoms with van der Waals surface area (Å²) in [5.74, 6) is 0. The van der Waals surface area contributed by atoms with E-state index < -0.39 is 0 Å². The lowest BCUT2D eigenvalue weighted by Crippen LogP contribution is -2.25. The fraction of sp³-hybridized carbons (Fsp3) is 0.769. The van der Waals surface area contributed by atoms with Gasteiger partial charge in [0.05, 0.1) is 6.34 Å². The van der Waals surface area contributed by atoms with Gasteiger partial charge in [-0.2, -0.15) is 0 Å². The Bertz CT molecular complexity index is 217. The molecule has 3 heteroatoms. The highest BCUT2D eigenvalue weighted by Crippen LogP contribution is 1.92. The van der Waals surface area contributed by atoms with Crippen molar-refractivity contribution in [1.29, 1.82) is 0 Å². The first-order valence-corrected chi connectivity index (χ1v) is 6.11. The van der Waals surface area contributed by atoms with E-state index in [-0.39, 0.29) is 0 Å². The van der Waals surface area contributed by atoms with Crippen molar-refractivity contribution in [1.82, 2.24) is 9.80 Å². The molecule has 0 aliphatic heterocycles. The molecule has 0 aliphatic carbocycles. The largest absolute Gasteiger partial charge is 0.366 e. The first-order chi connectivity index (χ1) is 7.56. The van der Waals surface area contributed by atoms with E-state index in [4.69, 9.17) is 0 Å². The van der Waals surface area contributed by atoms with Crippen molar-refractivity contribution in [2.45, 2.75) is 33.6 Å². The second kappa shape index (κ2) is 9.40. The Morgan fingerprint density at radius 2 is 1.81 bits per heavy atom. The van der Waals surface area contributed by atoms with Crippen LogP contribution in [0.3, 0.4) is 0 Å². The molecule has 0 fully saturated rings. The zero-order valence-electron chi connectivity index (χ0n) is 11.5. The Balaban J connectivity index is 3.61. The van der Waals surface area contributed by atoms with E-state index in [0.29, 0.717) is 0 Å². The lowest BCUT2D eigenvalue weighted by atomic mass is 10.3. The maximum Gasteiger partial charge on any atom is 0.0902 e. The van der Waals surface area contributed by atoms with Crippen LogP contribution < -0.4 is 0 Å². The average molecular weight is 225 g/mol. The minimum absolute atomic E-state index is 1.06. The summed E-state index contributed by atoms with van der Waals surface area (Å²) in [6.45, 7) is 9.74. The van der Waals surface area contributed by atoms with Crippen molar-refractivity contribution >= 4 is 6.34 Å². The van der Waals surface area contributed by atoms with Gasteiger partial charge in [0, 0.05) is 19.8 Å². The van der Waals surface area contributed by atoms with Crippen LogP contribution in [-0.4, -0.2) is 49.9 Å². The fourth-order valence-corrected chi connectivity index (χ4v) is 1.44. The van der Waals surface area contributed by atoms with Gasteiger partial charge < -0.3 is 9.80 Å². The molecule has 0 heterocycles. The summed E-state index contributed by atoms with van der Waals surface area (Å²) in [5, 5.41) is 0. The van der Waals surface area contributed by atoms with E-state index in [1.54, 1.807) is 0 Å². The predicted molar refractivity (Wildman–Crippen MR) is 73.0 cm³/mol. The Hall–Kier alpha value is -0.830. The summed E-state index contributed by atoms with van der Waals surface area (Å²) in [6, 6.07) is 0. The van der Waals surface area contributed by atoms with Crippen LogP contribution in [0, 0.1) is 0 Å². The third-order valence-corrected chi connectivity index (χ3v) is 2.25. The molecule has 0 bridgehead atoms. The molecule has 0 rings (SSSR count). The third-order valence-electron chi connectivity index (χ3n) is 2.25. The second-order valence-electron chi connectivity index (χ2n) is 4.61. The number of allylic oxidation sites excluding steroid dienone is 1. The Kier molecular flexibility index (Phi) is 8.91. The van der Waals surface area contributed by atoms with Gasteiger partial charge >= 0.3 is 0 Å². The lowest BCUT2D eigenvalue weighted by Gasteiger charge is -2.17. The van der Waals surface area contributed by atoms with Crippen LogP contribution in [0.15, 0.2) is 16.8 Å². The van der Waals surface area contributed by atoms with Crippen molar-refractivity contribution in [3.05, 3.63) is 11.8 Å². The van der Waals surface area contributed by atoms with Crippen LogP contribution in [-0.2, 0) is 0 Å². The molecule has 0 aliphatic rings. The van der Waals surface area contributed by atoms with E-state index in [2.05, 4.69) is 49.7 Å². The maximum atomic E-state index is 4.23. The maximum absolute atomic E-state index is 4.23. The van der Waals surface area contributed by atoms with Crippen LogP contribution in [0.25, 0.3) is 0 Å². The third kappa shape index (κ3) is 9.71. The molecule has 0 amide bonds. The van der Waals surface area contributed by atoms with Crippen LogP contribution in [0.4, 0.5) is 0 Å². The standard InChI is InChI=1S/C13H27N3/c1-6-8-15(4)9-7-10-16(5)12-14-11-13(2)3/h11-12H,6-10H2,1-5H3. The SMILES string of the molecule is CCCN(C)CCCN(C)C=NC=C(C)C. The minimum atomic E-state index is 1.06. The van der Waals surface area contributed by atoms with Gasteiger partial charge in [0.1, 0.15) is 0 Å². The van der Waals surface area contributed by atoms with Crippen LogP contribution in [0.1, 0.15) is 33.6 Å². The summed E-state index contributed by atoms with van der Waals surface area (Å²) in [5.41, 5.74) is 1.23. The summed E-state index contributed by atoms with van der Waals surface area (Å²) in [4.78, 5) is 8.74. The molecule has 0 N–H and O–H groups in total. The zero-order valence-corrected chi connectivity index (χ0v) is 11.5. The normalized spacial score (nSPS) is 11.1. The number of rotatable bonds is 8. The van der Waals surface area contributed by atoms with Crippen LogP contribution >= 0.6 is 0 Å². The molecule has 0 unspecified atom stereocenters. The van der Waals surface area contributed by atoms with Crippen LogP contribution in [0.2, 0.25) is 0 Å². The van der Waals surface area contributed by atoms with Gasteiger partial charge in [0.25, 0.3) is 0 Å². The number of hydrogen-bond acceptors (Lipinski definition) is 2. The fourth-order valence-electron chi connectivity index (χ4n) is 1.44.